The van der Waals surface area contributed by atoms with Crippen molar-refractivity contribution in [3.05, 3.63) is 91.0 Å². The van der Waals surface area contributed by atoms with Crippen LogP contribution in [0.2, 0.25) is 39.3 Å². The Morgan fingerprint density at radius 1 is 0.595 bits per heavy atom. The van der Waals surface area contributed by atoms with E-state index in [9.17, 15) is 0 Å². The Labute approximate surface area is 227 Å². The molecule has 0 radical (unpaired) electrons. The van der Waals surface area contributed by atoms with E-state index in [1.165, 1.54) is 34.8 Å². The SMILES string of the molecule is C[Si](C)(C)[Si](C(=O)OC1CCCCC1)([Si](C)(C)C)[Si](c1ccccc1)(c1ccccc1)c1ccccc1. The topological polar surface area (TPSA) is 26.3 Å². The molecule has 0 saturated heterocycles. The molecule has 1 fully saturated rings. The Balaban J connectivity index is 2.18. The van der Waals surface area contributed by atoms with Crippen LogP contribution in [0.4, 0.5) is 4.79 Å². The molecule has 0 N–H and O–H groups in total. The van der Waals surface area contributed by atoms with E-state index in [0.717, 1.165) is 12.8 Å². The summed E-state index contributed by atoms with van der Waals surface area (Å²) in [6.07, 6.45) is 5.72. The highest BCUT2D eigenvalue weighted by molar-refractivity contribution is 8.01. The third-order valence-corrected chi connectivity index (χ3v) is 73.6. The van der Waals surface area contributed by atoms with Gasteiger partial charge < -0.3 is 4.74 Å². The molecule has 0 heterocycles. The van der Waals surface area contributed by atoms with E-state index in [-0.39, 0.29) is 11.7 Å². The number of hydrogen-bond acceptors (Lipinski definition) is 2. The van der Waals surface area contributed by atoms with E-state index in [2.05, 4.69) is 130 Å². The van der Waals surface area contributed by atoms with Crippen molar-refractivity contribution in [3.8, 4) is 0 Å². The fourth-order valence-corrected chi connectivity index (χ4v) is 90.7. The molecule has 196 valence electrons. The van der Waals surface area contributed by atoms with Crippen LogP contribution in [-0.2, 0) is 4.74 Å². The van der Waals surface area contributed by atoms with E-state index in [1.807, 2.05) is 0 Å². The number of rotatable bonds is 8. The maximum atomic E-state index is 15.3. The van der Waals surface area contributed by atoms with Crippen molar-refractivity contribution in [3.63, 3.8) is 0 Å². The molecule has 2 nitrogen and oxygen atoms in total. The lowest BCUT2D eigenvalue weighted by molar-refractivity contribution is 0.0944. The minimum Gasteiger partial charge on any atom is -0.467 e. The molecule has 0 atom stereocenters. The van der Waals surface area contributed by atoms with Gasteiger partial charge in [0.25, 0.3) is 5.59 Å². The molecule has 0 aliphatic heterocycles. The molecule has 0 unspecified atom stereocenters. The van der Waals surface area contributed by atoms with Crippen LogP contribution in [0.1, 0.15) is 32.1 Å². The first-order chi connectivity index (χ1) is 17.6. The number of ether oxygens (including phenoxy) is 1. The molecule has 4 rings (SSSR count). The maximum absolute atomic E-state index is 15.3. The minimum atomic E-state index is -2.83. The van der Waals surface area contributed by atoms with Crippen LogP contribution in [0.3, 0.4) is 0 Å². The summed E-state index contributed by atoms with van der Waals surface area (Å²) in [7, 11) is -7.07. The number of hydrogen-bond donors (Lipinski definition) is 0. The van der Waals surface area contributed by atoms with E-state index in [4.69, 9.17) is 4.74 Å². The molecule has 3 aromatic carbocycles. The third kappa shape index (κ3) is 4.82. The van der Waals surface area contributed by atoms with Crippen molar-refractivity contribution in [2.45, 2.75) is 77.5 Å². The fraction of sp³-hybridized carbons (Fsp3) is 0.387. The van der Waals surface area contributed by atoms with Crippen LogP contribution in [0.25, 0.3) is 0 Å². The van der Waals surface area contributed by atoms with Crippen LogP contribution in [0, 0.1) is 0 Å². The van der Waals surface area contributed by atoms with Crippen molar-refractivity contribution in [1.29, 1.82) is 0 Å². The molecule has 6 heteroatoms. The summed E-state index contributed by atoms with van der Waals surface area (Å²) >= 11 is 0. The highest BCUT2D eigenvalue weighted by Gasteiger charge is 2.75. The molecule has 3 aromatic rings. The molecule has 0 amide bonds. The molecular weight excluding hydrogens is 517 g/mol. The first-order valence-corrected chi connectivity index (χ1v) is 27.9. The van der Waals surface area contributed by atoms with Gasteiger partial charge in [-0.15, -0.1) is 0 Å². The van der Waals surface area contributed by atoms with Crippen molar-refractivity contribution >= 4 is 50.6 Å². The number of carbonyl (C=O) groups excluding carboxylic acids is 1. The molecule has 37 heavy (non-hydrogen) atoms. The lowest BCUT2D eigenvalue weighted by Crippen LogP contribution is -2.98. The number of carbonyl (C=O) groups is 1. The lowest BCUT2D eigenvalue weighted by atomic mass is 9.98. The quantitative estimate of drug-likeness (QED) is 0.230. The number of benzene rings is 3. The van der Waals surface area contributed by atoms with Gasteiger partial charge in [0.1, 0.15) is 13.7 Å². The second-order valence-corrected chi connectivity index (χ2v) is 49.4. The zero-order valence-electron chi connectivity index (χ0n) is 23.6. The third-order valence-electron chi connectivity index (χ3n) is 8.56. The summed E-state index contributed by atoms with van der Waals surface area (Å²) in [4.78, 5) is 15.3. The first kappa shape index (κ1) is 28.0. The van der Waals surface area contributed by atoms with Gasteiger partial charge in [-0.3, -0.25) is 4.79 Å². The first-order valence-electron chi connectivity index (χ1n) is 13.9. The van der Waals surface area contributed by atoms with Gasteiger partial charge in [0, 0.05) is 15.2 Å². The van der Waals surface area contributed by atoms with Crippen LogP contribution in [0.15, 0.2) is 91.0 Å². The average Bonchev–Trinajstić information content (AvgIpc) is 2.87. The highest BCUT2D eigenvalue weighted by Crippen LogP contribution is 2.39. The predicted octanol–water partition coefficient (Wildman–Crippen LogP) is 6.57. The Hall–Kier alpha value is -2.00. The zero-order valence-corrected chi connectivity index (χ0v) is 27.6. The molecule has 0 spiro atoms. The van der Waals surface area contributed by atoms with Crippen molar-refractivity contribution in [2.24, 2.45) is 0 Å². The monoisotopic (exact) mass is 560 g/mol. The smallest absolute Gasteiger partial charge is 0.265 e. The van der Waals surface area contributed by atoms with Crippen LogP contribution in [-0.4, -0.2) is 41.1 Å². The van der Waals surface area contributed by atoms with Crippen molar-refractivity contribution < 1.29 is 9.53 Å². The largest absolute Gasteiger partial charge is 0.467 e. The fourth-order valence-electron chi connectivity index (χ4n) is 7.65. The Kier molecular flexibility index (Phi) is 8.33. The van der Waals surface area contributed by atoms with Crippen LogP contribution >= 0.6 is 0 Å². The summed E-state index contributed by atoms with van der Waals surface area (Å²) in [6, 6.07) is 33.5. The summed E-state index contributed by atoms with van der Waals surface area (Å²) in [5.74, 6) is 0. The summed E-state index contributed by atoms with van der Waals surface area (Å²) in [5.41, 5.74) is 0.237. The average molecular weight is 561 g/mol. The van der Waals surface area contributed by atoms with E-state index >= 15 is 4.79 Å². The van der Waals surface area contributed by atoms with E-state index in [0.29, 0.717) is 0 Å². The Bertz CT molecular complexity index is 1050. The summed E-state index contributed by atoms with van der Waals surface area (Å²) in [5, 5.41) is 4.14. The van der Waals surface area contributed by atoms with Crippen LogP contribution in [0.5, 0.6) is 0 Å². The second kappa shape index (κ2) is 11.0. The van der Waals surface area contributed by atoms with Gasteiger partial charge >= 0.3 is 0 Å². The normalized spacial score (nSPS) is 15.8. The molecule has 0 aromatic heterocycles. The van der Waals surface area contributed by atoms with Gasteiger partial charge in [0.2, 0.25) is 0 Å². The van der Waals surface area contributed by atoms with Crippen molar-refractivity contribution in [1.82, 2.24) is 0 Å². The molecule has 1 aliphatic carbocycles. The lowest BCUT2D eigenvalue weighted by Gasteiger charge is -2.58. The molecule has 1 saturated carbocycles. The van der Waals surface area contributed by atoms with Gasteiger partial charge in [-0.05, 0) is 25.7 Å². The van der Waals surface area contributed by atoms with Gasteiger partial charge in [-0.1, -0.05) is 152 Å². The predicted molar refractivity (Wildman–Crippen MR) is 170 cm³/mol. The molecular formula is C31H44O2Si4. The zero-order chi connectivity index (χ0) is 26.7. The van der Waals surface area contributed by atoms with E-state index < -0.39 is 29.4 Å². The maximum Gasteiger partial charge on any atom is 0.265 e. The standard InChI is InChI=1S/C31H44O2Si4/c1-34(2,3)37(35(4,5)6,31(32)33-27-19-11-7-12-20-27)36(28-21-13-8-14-22-28,29-23-15-9-16-24-29)30-25-17-10-18-26-30/h8-10,13-18,21-27H,7,11-12,19-20H2,1-6H3. The van der Waals surface area contributed by atoms with Gasteiger partial charge in [0.15, 0.2) is 6.63 Å². The van der Waals surface area contributed by atoms with Gasteiger partial charge in [-0.25, -0.2) is 0 Å². The summed E-state index contributed by atoms with van der Waals surface area (Å²) < 4.78 is 6.81. The highest BCUT2D eigenvalue weighted by atomic mass is 29.9. The summed E-state index contributed by atoms with van der Waals surface area (Å²) in [6.45, 7) is 12.1. The molecule has 1 aliphatic rings. The Morgan fingerprint density at radius 2 is 0.946 bits per heavy atom. The Morgan fingerprint density at radius 3 is 1.27 bits per heavy atom. The molecule has 0 bridgehead atoms. The minimum absolute atomic E-state index is 0.0786. The van der Waals surface area contributed by atoms with Gasteiger partial charge in [-0.2, -0.15) is 0 Å². The van der Waals surface area contributed by atoms with E-state index in [1.54, 1.807) is 0 Å². The van der Waals surface area contributed by atoms with Crippen molar-refractivity contribution in [2.75, 3.05) is 0 Å². The second-order valence-electron chi connectivity index (χ2n) is 12.8. The van der Waals surface area contributed by atoms with Gasteiger partial charge in [0.05, 0.1) is 0 Å². The van der Waals surface area contributed by atoms with Crippen LogP contribution < -0.4 is 15.6 Å².